The van der Waals surface area contributed by atoms with E-state index in [4.69, 9.17) is 4.98 Å². The maximum atomic E-state index is 4.79. The fourth-order valence-electron chi connectivity index (χ4n) is 2.32. The molecule has 0 saturated heterocycles. The summed E-state index contributed by atoms with van der Waals surface area (Å²) in [6.07, 6.45) is 2.65. The van der Waals surface area contributed by atoms with Crippen LogP contribution >= 0.6 is 0 Å². The zero-order valence-corrected chi connectivity index (χ0v) is 12.0. The lowest BCUT2D eigenvalue weighted by Gasteiger charge is -2.26. The molecule has 0 amide bonds. The van der Waals surface area contributed by atoms with Crippen LogP contribution in [0.5, 0.6) is 0 Å². The highest BCUT2D eigenvalue weighted by Gasteiger charge is 2.30. The molecule has 1 saturated carbocycles. The van der Waals surface area contributed by atoms with E-state index in [9.17, 15) is 0 Å². The van der Waals surface area contributed by atoms with Crippen molar-refractivity contribution in [3.8, 4) is 0 Å². The van der Waals surface area contributed by atoms with Crippen LogP contribution in [0.4, 0.5) is 5.82 Å². The number of nitrogens with zero attached hydrogens (tertiary/aromatic N) is 2. The normalized spacial score (nSPS) is 15.2. The molecule has 18 heavy (non-hydrogen) atoms. The van der Waals surface area contributed by atoms with Crippen LogP contribution in [-0.2, 0) is 6.54 Å². The molecule has 3 heteroatoms. The largest absolute Gasteiger partial charge is 0.353 e. The monoisotopic (exact) mass is 247 g/mol. The third kappa shape index (κ3) is 3.22. The van der Waals surface area contributed by atoms with Crippen molar-refractivity contribution in [2.75, 3.05) is 18.5 Å². The second-order valence-electron chi connectivity index (χ2n) is 5.72. The van der Waals surface area contributed by atoms with Crippen molar-refractivity contribution in [1.82, 2.24) is 10.3 Å². The van der Waals surface area contributed by atoms with Gasteiger partial charge in [0, 0.05) is 24.8 Å². The van der Waals surface area contributed by atoms with Crippen LogP contribution < -0.4 is 10.2 Å². The van der Waals surface area contributed by atoms with E-state index in [2.05, 4.69) is 43.1 Å². The Labute approximate surface area is 111 Å². The Balaban J connectivity index is 2.17. The smallest absolute Gasteiger partial charge is 0.129 e. The van der Waals surface area contributed by atoms with E-state index in [1.54, 1.807) is 0 Å². The highest BCUT2D eigenvalue weighted by molar-refractivity contribution is 5.44. The predicted octanol–water partition coefficient (Wildman–Crippen LogP) is 2.73. The minimum absolute atomic E-state index is 0.685. The fourth-order valence-corrected chi connectivity index (χ4v) is 2.32. The third-order valence-corrected chi connectivity index (χ3v) is 3.39. The first-order valence-corrected chi connectivity index (χ1v) is 6.99. The average molecular weight is 247 g/mol. The second kappa shape index (κ2) is 5.70. The number of pyridine rings is 1. The highest BCUT2D eigenvalue weighted by Crippen LogP contribution is 2.31. The molecule has 1 aromatic rings. The maximum Gasteiger partial charge on any atom is 0.129 e. The number of rotatable bonds is 6. The highest BCUT2D eigenvalue weighted by atomic mass is 15.2. The first-order chi connectivity index (χ1) is 8.61. The van der Waals surface area contributed by atoms with Crippen LogP contribution in [0, 0.1) is 12.8 Å². The maximum absolute atomic E-state index is 4.79. The third-order valence-electron chi connectivity index (χ3n) is 3.39. The predicted molar refractivity (Wildman–Crippen MR) is 76.9 cm³/mol. The fraction of sp³-hybridized carbons (Fsp3) is 0.667. The van der Waals surface area contributed by atoms with Crippen LogP contribution in [0.2, 0.25) is 0 Å². The molecule has 1 aliphatic carbocycles. The van der Waals surface area contributed by atoms with Crippen molar-refractivity contribution in [1.29, 1.82) is 0 Å². The minimum Gasteiger partial charge on any atom is -0.353 e. The molecule has 0 unspecified atom stereocenters. The summed E-state index contributed by atoms with van der Waals surface area (Å²) in [6, 6.07) is 5.12. The number of aromatic nitrogens is 1. The number of hydrogen-bond acceptors (Lipinski definition) is 3. The molecular weight excluding hydrogens is 222 g/mol. The molecule has 0 aromatic carbocycles. The van der Waals surface area contributed by atoms with Gasteiger partial charge in [-0.1, -0.05) is 19.9 Å². The van der Waals surface area contributed by atoms with E-state index in [1.807, 2.05) is 7.05 Å². The van der Waals surface area contributed by atoms with Crippen molar-refractivity contribution in [2.45, 2.75) is 46.2 Å². The molecular formula is C15H25N3. The first-order valence-electron chi connectivity index (χ1n) is 6.99. The lowest BCUT2D eigenvalue weighted by Crippen LogP contribution is -2.30. The Bertz CT molecular complexity index is 397. The standard InChI is InChI=1S/C15H25N3/c1-11(2)10-18(14-6-7-14)15-8-5-13(9-16-4)12(3)17-15/h5,8,11,14,16H,6-7,9-10H2,1-4H3. The summed E-state index contributed by atoms with van der Waals surface area (Å²) in [4.78, 5) is 7.28. The van der Waals surface area contributed by atoms with Crippen molar-refractivity contribution in [3.63, 3.8) is 0 Å². The van der Waals surface area contributed by atoms with E-state index in [-0.39, 0.29) is 0 Å². The topological polar surface area (TPSA) is 28.2 Å². The molecule has 100 valence electrons. The summed E-state index contributed by atoms with van der Waals surface area (Å²) < 4.78 is 0. The van der Waals surface area contributed by atoms with Crippen LogP contribution in [0.15, 0.2) is 12.1 Å². The molecule has 0 aliphatic heterocycles. The van der Waals surface area contributed by atoms with Crippen LogP contribution in [0.25, 0.3) is 0 Å². The van der Waals surface area contributed by atoms with E-state index in [0.29, 0.717) is 5.92 Å². The lowest BCUT2D eigenvalue weighted by molar-refractivity contribution is 0.602. The Morgan fingerprint density at radius 3 is 2.61 bits per heavy atom. The summed E-state index contributed by atoms with van der Waals surface area (Å²) in [5.74, 6) is 1.84. The number of hydrogen-bond donors (Lipinski definition) is 1. The molecule has 0 bridgehead atoms. The van der Waals surface area contributed by atoms with Gasteiger partial charge in [0.2, 0.25) is 0 Å². The summed E-state index contributed by atoms with van der Waals surface area (Å²) in [5.41, 5.74) is 2.44. The van der Waals surface area contributed by atoms with Gasteiger partial charge in [0.1, 0.15) is 5.82 Å². The Hall–Kier alpha value is -1.09. The van der Waals surface area contributed by atoms with Crippen LogP contribution in [0.1, 0.15) is 37.9 Å². The molecule has 0 spiro atoms. The zero-order valence-electron chi connectivity index (χ0n) is 12.0. The summed E-state index contributed by atoms with van der Waals surface area (Å²) in [5, 5.41) is 3.19. The van der Waals surface area contributed by atoms with Gasteiger partial charge in [-0.2, -0.15) is 0 Å². The van der Waals surface area contributed by atoms with Gasteiger partial charge < -0.3 is 10.2 Å². The molecule has 0 radical (unpaired) electrons. The van der Waals surface area contributed by atoms with Gasteiger partial charge in [-0.15, -0.1) is 0 Å². The summed E-state index contributed by atoms with van der Waals surface area (Å²) in [6.45, 7) is 8.67. The van der Waals surface area contributed by atoms with E-state index in [0.717, 1.165) is 30.6 Å². The quantitative estimate of drug-likeness (QED) is 0.838. The molecule has 1 aliphatic rings. The zero-order chi connectivity index (χ0) is 13.1. The molecule has 2 rings (SSSR count). The van der Waals surface area contributed by atoms with Crippen molar-refractivity contribution in [3.05, 3.63) is 23.4 Å². The van der Waals surface area contributed by atoms with Crippen LogP contribution in [-0.4, -0.2) is 24.6 Å². The van der Waals surface area contributed by atoms with E-state index >= 15 is 0 Å². The van der Waals surface area contributed by atoms with Gasteiger partial charge >= 0.3 is 0 Å². The molecule has 1 heterocycles. The average Bonchev–Trinajstić information content (AvgIpc) is 3.13. The molecule has 1 fully saturated rings. The number of anilines is 1. The molecule has 1 N–H and O–H groups in total. The second-order valence-corrected chi connectivity index (χ2v) is 5.72. The van der Waals surface area contributed by atoms with Crippen molar-refractivity contribution < 1.29 is 0 Å². The minimum atomic E-state index is 0.685. The van der Waals surface area contributed by atoms with Crippen molar-refractivity contribution in [2.24, 2.45) is 5.92 Å². The van der Waals surface area contributed by atoms with Gasteiger partial charge in [-0.25, -0.2) is 4.98 Å². The van der Waals surface area contributed by atoms with Gasteiger partial charge in [-0.05, 0) is 44.4 Å². The van der Waals surface area contributed by atoms with Crippen LogP contribution in [0.3, 0.4) is 0 Å². The Kier molecular flexibility index (Phi) is 4.23. The first kappa shape index (κ1) is 13.3. The van der Waals surface area contributed by atoms with E-state index < -0.39 is 0 Å². The lowest BCUT2D eigenvalue weighted by atomic mass is 10.1. The number of nitrogens with one attached hydrogen (secondary N) is 1. The molecule has 0 atom stereocenters. The summed E-state index contributed by atoms with van der Waals surface area (Å²) >= 11 is 0. The molecule has 3 nitrogen and oxygen atoms in total. The van der Waals surface area contributed by atoms with Gasteiger partial charge in [-0.3, -0.25) is 0 Å². The number of aryl methyl sites for hydroxylation is 1. The Morgan fingerprint density at radius 1 is 1.39 bits per heavy atom. The van der Waals surface area contributed by atoms with E-state index in [1.165, 1.54) is 18.4 Å². The molecule has 1 aromatic heterocycles. The SMILES string of the molecule is CNCc1ccc(N(CC(C)C)C2CC2)nc1C. The van der Waals surface area contributed by atoms with Crippen molar-refractivity contribution >= 4 is 5.82 Å². The summed E-state index contributed by atoms with van der Waals surface area (Å²) in [7, 11) is 1.97. The Morgan fingerprint density at radius 2 is 2.11 bits per heavy atom. The van der Waals surface area contributed by atoms with Gasteiger partial charge in [0.25, 0.3) is 0 Å². The van der Waals surface area contributed by atoms with Gasteiger partial charge in [0.05, 0.1) is 0 Å². The van der Waals surface area contributed by atoms with Gasteiger partial charge in [0.15, 0.2) is 0 Å².